The molecule has 2 aliphatic heterocycles. The largest absolute Gasteiger partial charge is 0.366 e. The monoisotopic (exact) mass is 395 g/mol. The fourth-order valence-electron chi connectivity index (χ4n) is 5.25. The maximum atomic E-state index is 11.5. The number of carbonyl (C=O) groups excluding carboxylic acids is 1. The molecular formula is C23H33N5O. The Morgan fingerprint density at radius 3 is 2.59 bits per heavy atom. The lowest BCUT2D eigenvalue weighted by atomic mass is 9.84. The number of nitrogens with zero attached hydrogens (tertiary/aromatic N) is 4. The molecule has 29 heavy (non-hydrogen) atoms. The lowest BCUT2D eigenvalue weighted by Gasteiger charge is -2.38. The van der Waals surface area contributed by atoms with E-state index in [-0.39, 0.29) is 5.91 Å². The highest BCUT2D eigenvalue weighted by molar-refractivity contribution is 5.92. The molecule has 6 nitrogen and oxygen atoms in total. The fraction of sp³-hybridized carbons (Fsp3) is 0.609. The van der Waals surface area contributed by atoms with E-state index in [0.29, 0.717) is 29.5 Å². The van der Waals surface area contributed by atoms with Gasteiger partial charge in [0.15, 0.2) is 0 Å². The van der Waals surface area contributed by atoms with E-state index in [1.807, 2.05) is 16.8 Å². The van der Waals surface area contributed by atoms with Crippen LogP contribution in [0.25, 0.3) is 0 Å². The molecule has 1 amide bonds. The van der Waals surface area contributed by atoms with Crippen molar-refractivity contribution in [1.29, 1.82) is 0 Å². The standard InChI is InChI=1S/C23H33N5O/c1-3-16(4-2)13-27-14-20(25-26-27)15-28-21-8-9-22(28)12-19(11-21)17-6-5-7-18(10-17)23(24)29/h5-7,10,14,16,19,21-22H,3-4,8-9,11-13,15H2,1-2H3,(H2,24,29)/t19-,21+,22-. The van der Waals surface area contributed by atoms with Crippen LogP contribution in [-0.2, 0) is 13.1 Å². The summed E-state index contributed by atoms with van der Waals surface area (Å²) in [6.07, 6.45) is 9.28. The second-order valence-electron chi connectivity index (χ2n) is 8.83. The number of hydrogen-bond donors (Lipinski definition) is 1. The fourth-order valence-corrected chi connectivity index (χ4v) is 5.25. The molecule has 0 unspecified atom stereocenters. The molecular weight excluding hydrogens is 362 g/mol. The Morgan fingerprint density at radius 1 is 1.21 bits per heavy atom. The summed E-state index contributed by atoms with van der Waals surface area (Å²) in [6, 6.07) is 9.07. The van der Waals surface area contributed by atoms with Gasteiger partial charge in [-0.2, -0.15) is 0 Å². The molecule has 0 saturated carbocycles. The summed E-state index contributed by atoms with van der Waals surface area (Å²) in [5.41, 5.74) is 8.44. The van der Waals surface area contributed by atoms with Crippen LogP contribution in [0.1, 0.15) is 79.9 Å². The van der Waals surface area contributed by atoms with Crippen molar-refractivity contribution < 1.29 is 4.79 Å². The van der Waals surface area contributed by atoms with Gasteiger partial charge < -0.3 is 5.73 Å². The molecule has 2 aromatic rings. The molecule has 2 N–H and O–H groups in total. The van der Waals surface area contributed by atoms with E-state index in [0.717, 1.165) is 31.6 Å². The molecule has 4 rings (SSSR count). The average Bonchev–Trinajstić information content (AvgIpc) is 3.26. The molecule has 3 atom stereocenters. The van der Waals surface area contributed by atoms with Crippen molar-refractivity contribution in [3.63, 3.8) is 0 Å². The molecule has 6 heteroatoms. The van der Waals surface area contributed by atoms with Gasteiger partial charge in [0.05, 0.1) is 5.69 Å². The Labute approximate surface area is 173 Å². The summed E-state index contributed by atoms with van der Waals surface area (Å²) in [5.74, 6) is 0.838. The molecule has 156 valence electrons. The second kappa shape index (κ2) is 8.66. The number of benzene rings is 1. The zero-order chi connectivity index (χ0) is 20.4. The predicted octanol–water partition coefficient (Wildman–Crippen LogP) is 3.72. The lowest BCUT2D eigenvalue weighted by Crippen LogP contribution is -2.41. The smallest absolute Gasteiger partial charge is 0.248 e. The van der Waals surface area contributed by atoms with E-state index in [9.17, 15) is 4.79 Å². The Hall–Kier alpha value is -2.21. The van der Waals surface area contributed by atoms with Gasteiger partial charge in [0.2, 0.25) is 5.91 Å². The molecule has 1 aromatic heterocycles. The Morgan fingerprint density at radius 2 is 1.93 bits per heavy atom. The van der Waals surface area contributed by atoms with Gasteiger partial charge in [-0.3, -0.25) is 14.4 Å². The van der Waals surface area contributed by atoms with Gasteiger partial charge in [-0.15, -0.1) is 5.10 Å². The average molecular weight is 396 g/mol. The van der Waals surface area contributed by atoms with Crippen molar-refractivity contribution in [1.82, 2.24) is 19.9 Å². The first-order valence-corrected chi connectivity index (χ1v) is 11.1. The minimum atomic E-state index is -0.344. The van der Waals surface area contributed by atoms with Gasteiger partial charge in [-0.25, -0.2) is 0 Å². The number of hydrogen-bond acceptors (Lipinski definition) is 4. The maximum absolute atomic E-state index is 11.5. The highest BCUT2D eigenvalue weighted by Gasteiger charge is 2.41. The van der Waals surface area contributed by atoms with Crippen LogP contribution in [-0.4, -0.2) is 37.9 Å². The topological polar surface area (TPSA) is 77.0 Å². The molecule has 2 saturated heterocycles. The van der Waals surface area contributed by atoms with Crippen molar-refractivity contribution in [2.75, 3.05) is 0 Å². The minimum absolute atomic E-state index is 0.344. The van der Waals surface area contributed by atoms with Crippen LogP contribution in [0, 0.1) is 5.92 Å². The van der Waals surface area contributed by atoms with Crippen LogP contribution >= 0.6 is 0 Å². The summed E-state index contributed by atoms with van der Waals surface area (Å²) < 4.78 is 2.02. The summed E-state index contributed by atoms with van der Waals surface area (Å²) in [4.78, 5) is 14.2. The Kier molecular flexibility index (Phi) is 5.99. The maximum Gasteiger partial charge on any atom is 0.248 e. The van der Waals surface area contributed by atoms with E-state index in [1.54, 1.807) is 6.07 Å². The third-order valence-electron chi connectivity index (χ3n) is 7.06. The van der Waals surface area contributed by atoms with Crippen LogP contribution in [0.15, 0.2) is 30.5 Å². The van der Waals surface area contributed by atoms with E-state index in [4.69, 9.17) is 5.73 Å². The number of piperidine rings is 1. The number of nitrogens with two attached hydrogens (primary N) is 1. The first-order chi connectivity index (χ1) is 14.1. The van der Waals surface area contributed by atoms with Gasteiger partial charge in [-0.1, -0.05) is 44.0 Å². The third kappa shape index (κ3) is 4.37. The molecule has 1 aromatic carbocycles. The summed E-state index contributed by atoms with van der Waals surface area (Å²) >= 11 is 0. The van der Waals surface area contributed by atoms with Crippen LogP contribution in [0.3, 0.4) is 0 Å². The van der Waals surface area contributed by atoms with Crippen LogP contribution in [0.2, 0.25) is 0 Å². The minimum Gasteiger partial charge on any atom is -0.366 e. The van der Waals surface area contributed by atoms with E-state index in [2.05, 4.69) is 41.3 Å². The predicted molar refractivity (Wildman–Crippen MR) is 113 cm³/mol. The van der Waals surface area contributed by atoms with Crippen LogP contribution in [0.4, 0.5) is 0 Å². The highest BCUT2D eigenvalue weighted by atomic mass is 16.1. The molecule has 0 spiro atoms. The molecule has 2 fully saturated rings. The van der Waals surface area contributed by atoms with E-state index in [1.165, 1.54) is 31.2 Å². The van der Waals surface area contributed by atoms with Crippen molar-refractivity contribution in [3.8, 4) is 0 Å². The van der Waals surface area contributed by atoms with Crippen LogP contribution < -0.4 is 5.73 Å². The molecule has 2 bridgehead atoms. The summed E-state index contributed by atoms with van der Waals surface area (Å²) in [5, 5.41) is 8.83. The van der Waals surface area contributed by atoms with Gasteiger partial charge in [0.1, 0.15) is 0 Å². The van der Waals surface area contributed by atoms with Crippen molar-refractivity contribution >= 4 is 5.91 Å². The van der Waals surface area contributed by atoms with Crippen molar-refractivity contribution in [3.05, 3.63) is 47.3 Å². The number of carbonyl (C=O) groups is 1. The summed E-state index contributed by atoms with van der Waals surface area (Å²) in [7, 11) is 0. The second-order valence-corrected chi connectivity index (χ2v) is 8.83. The lowest BCUT2D eigenvalue weighted by molar-refractivity contribution is 0.0999. The van der Waals surface area contributed by atoms with Gasteiger partial charge >= 0.3 is 0 Å². The number of rotatable bonds is 8. The van der Waals surface area contributed by atoms with Crippen molar-refractivity contribution in [2.24, 2.45) is 11.7 Å². The van der Waals surface area contributed by atoms with Gasteiger partial charge in [-0.05, 0) is 55.2 Å². The first kappa shape index (κ1) is 20.1. The molecule has 0 radical (unpaired) electrons. The van der Waals surface area contributed by atoms with Gasteiger partial charge in [0.25, 0.3) is 0 Å². The SMILES string of the molecule is CCC(CC)Cn1cc(CN2[C@@H]3CC[C@H]2C[C@@H](c2cccc(C(N)=O)c2)C3)nn1. The first-order valence-electron chi connectivity index (χ1n) is 11.1. The number of primary amides is 1. The summed E-state index contributed by atoms with van der Waals surface area (Å²) in [6.45, 7) is 6.34. The quantitative estimate of drug-likeness (QED) is 0.739. The Balaban J connectivity index is 1.41. The number of fused-ring (bicyclic) bond motifs is 2. The number of amides is 1. The normalized spacial score (nSPS) is 24.3. The Bertz CT molecular complexity index is 829. The zero-order valence-electron chi connectivity index (χ0n) is 17.6. The van der Waals surface area contributed by atoms with E-state index < -0.39 is 0 Å². The van der Waals surface area contributed by atoms with Crippen LogP contribution in [0.5, 0.6) is 0 Å². The zero-order valence-corrected chi connectivity index (χ0v) is 17.6. The highest BCUT2D eigenvalue weighted by Crippen LogP contribution is 2.43. The molecule has 2 aliphatic rings. The molecule has 3 heterocycles. The van der Waals surface area contributed by atoms with Gasteiger partial charge in [0, 0.05) is 36.9 Å². The van der Waals surface area contributed by atoms with E-state index >= 15 is 0 Å². The third-order valence-corrected chi connectivity index (χ3v) is 7.06. The molecule has 0 aliphatic carbocycles. The van der Waals surface area contributed by atoms with Crippen molar-refractivity contribution in [2.45, 2.75) is 83.5 Å². The number of aromatic nitrogens is 3.